The molecule has 0 radical (unpaired) electrons. The normalized spacial score (nSPS) is 23.9. The number of aliphatic carboxylic acids is 1. The van der Waals surface area contributed by atoms with Gasteiger partial charge in [0, 0.05) is 37.2 Å². The van der Waals surface area contributed by atoms with E-state index in [4.69, 9.17) is 5.11 Å². The molecule has 2 rings (SSSR count). The van der Waals surface area contributed by atoms with Crippen molar-refractivity contribution in [2.75, 3.05) is 18.9 Å². The van der Waals surface area contributed by atoms with Crippen molar-refractivity contribution in [1.29, 1.82) is 0 Å². The number of amides is 2. The molecule has 116 valence electrons. The monoisotopic (exact) mass is 314 g/mol. The van der Waals surface area contributed by atoms with Crippen LogP contribution in [0.15, 0.2) is 10.6 Å². The van der Waals surface area contributed by atoms with E-state index in [2.05, 4.69) is 5.32 Å². The second-order valence-corrected chi connectivity index (χ2v) is 6.20. The van der Waals surface area contributed by atoms with Gasteiger partial charge in [0.25, 0.3) is 0 Å². The molecule has 0 aliphatic carbocycles. The molecular weight excluding hydrogens is 296 g/mol. The van der Waals surface area contributed by atoms with Crippen molar-refractivity contribution >= 4 is 29.5 Å². The number of rotatable bonds is 7. The van der Waals surface area contributed by atoms with Gasteiger partial charge in [-0.15, -0.1) is 11.8 Å². The third-order valence-corrected chi connectivity index (χ3v) is 4.76. The van der Waals surface area contributed by atoms with Gasteiger partial charge in [-0.2, -0.15) is 0 Å². The largest absolute Gasteiger partial charge is 0.477 e. The Hall–Kier alpha value is -1.54. The number of carbonyl (C=O) groups is 3. The Bertz CT molecular complexity index is 505. The Balaban J connectivity index is 2.01. The van der Waals surface area contributed by atoms with Crippen LogP contribution < -0.4 is 5.32 Å². The fourth-order valence-electron chi connectivity index (χ4n) is 2.74. The van der Waals surface area contributed by atoms with Gasteiger partial charge in [-0.1, -0.05) is 0 Å². The van der Waals surface area contributed by atoms with E-state index >= 15 is 0 Å². The van der Waals surface area contributed by atoms with Gasteiger partial charge in [0.05, 0.1) is 12.0 Å². The fraction of sp³-hybridized carbons (Fsp3) is 0.615. The van der Waals surface area contributed by atoms with E-state index in [1.165, 1.54) is 23.6 Å². The molecule has 1 fully saturated rings. The number of carbonyl (C=O) groups excluding carboxylic acids is 2. The van der Waals surface area contributed by atoms with E-state index in [-0.39, 0.29) is 36.1 Å². The van der Waals surface area contributed by atoms with Crippen molar-refractivity contribution in [2.45, 2.75) is 25.8 Å². The van der Waals surface area contributed by atoms with Gasteiger partial charge in [-0.05, 0) is 6.42 Å². The van der Waals surface area contributed by atoms with E-state index in [0.717, 1.165) is 0 Å². The Morgan fingerprint density at radius 2 is 2.19 bits per heavy atom. The molecule has 21 heavy (non-hydrogen) atoms. The van der Waals surface area contributed by atoms with Crippen LogP contribution in [0.5, 0.6) is 0 Å². The maximum Gasteiger partial charge on any atom is 0.353 e. The summed E-state index contributed by atoms with van der Waals surface area (Å²) in [6, 6.07) is -0.140. The van der Waals surface area contributed by atoms with Crippen molar-refractivity contribution in [2.24, 2.45) is 5.92 Å². The number of hydrogen-bond acceptors (Lipinski definition) is 5. The Morgan fingerprint density at radius 1 is 1.48 bits per heavy atom. The lowest BCUT2D eigenvalue weighted by Crippen LogP contribution is -2.58. The topological polar surface area (TPSA) is 107 Å². The van der Waals surface area contributed by atoms with Gasteiger partial charge < -0.3 is 20.4 Å². The molecule has 2 amide bonds. The fourth-order valence-corrected chi connectivity index (χ4v) is 3.80. The molecule has 1 saturated heterocycles. The Morgan fingerprint density at radius 3 is 2.76 bits per heavy atom. The summed E-state index contributed by atoms with van der Waals surface area (Å²) in [6.07, 6.45) is 0.888. The van der Waals surface area contributed by atoms with Crippen LogP contribution >= 0.6 is 11.8 Å². The summed E-state index contributed by atoms with van der Waals surface area (Å²) >= 11 is 1.36. The maximum absolute atomic E-state index is 12.0. The molecule has 2 atom stereocenters. The van der Waals surface area contributed by atoms with Gasteiger partial charge >= 0.3 is 5.97 Å². The second-order valence-electron chi connectivity index (χ2n) is 5.01. The van der Waals surface area contributed by atoms with Crippen molar-refractivity contribution < 1.29 is 24.6 Å². The van der Waals surface area contributed by atoms with Crippen LogP contribution in [0.4, 0.5) is 0 Å². The van der Waals surface area contributed by atoms with Crippen LogP contribution in [-0.4, -0.2) is 57.8 Å². The van der Waals surface area contributed by atoms with Gasteiger partial charge in [0.15, 0.2) is 0 Å². The van der Waals surface area contributed by atoms with Gasteiger partial charge in [0.1, 0.15) is 5.70 Å². The molecule has 0 aromatic rings. The third-order valence-electron chi connectivity index (χ3n) is 3.65. The summed E-state index contributed by atoms with van der Waals surface area (Å²) in [5.41, 5.74) is 0.0621. The van der Waals surface area contributed by atoms with Crippen LogP contribution in [0.2, 0.25) is 0 Å². The van der Waals surface area contributed by atoms with Crippen LogP contribution in [0, 0.1) is 5.92 Å². The molecular formula is C13H18N2O5S. The van der Waals surface area contributed by atoms with Crippen molar-refractivity contribution in [3.05, 3.63) is 10.6 Å². The maximum atomic E-state index is 12.0. The number of aliphatic hydroxyl groups excluding tert-OH is 1. The van der Waals surface area contributed by atoms with Crippen LogP contribution in [0.1, 0.15) is 19.8 Å². The number of carboxylic acid groups (broad SMARTS) is 1. The molecule has 0 aromatic heterocycles. The molecule has 0 saturated carbocycles. The minimum absolute atomic E-state index is 0.0621. The molecule has 7 nitrogen and oxygen atoms in total. The number of nitrogens with zero attached hydrogens (tertiary/aromatic N) is 1. The number of β-lactam (4-membered cyclic amide) rings is 1. The highest BCUT2D eigenvalue weighted by Gasteiger charge is 2.54. The molecule has 0 unspecified atom stereocenters. The molecule has 3 N–H and O–H groups in total. The number of thioether (sulfide) groups is 1. The molecule has 0 spiro atoms. The molecule has 2 heterocycles. The zero-order valence-corrected chi connectivity index (χ0v) is 12.5. The van der Waals surface area contributed by atoms with Crippen molar-refractivity contribution in [1.82, 2.24) is 10.2 Å². The summed E-state index contributed by atoms with van der Waals surface area (Å²) < 4.78 is 0. The standard InChI is InChI=1S/C13H18N2O5S/c1-7(17)14-3-5-21-10-6-9-8(2-4-16)12(18)15(9)11(10)13(19)20/h8-9,16H,2-6H2,1H3,(H,14,17)(H,19,20)/t8-,9+/m0/s1. The van der Waals surface area contributed by atoms with Crippen LogP contribution in [-0.2, 0) is 14.4 Å². The molecule has 0 bridgehead atoms. The highest BCUT2D eigenvalue weighted by Crippen LogP contribution is 2.46. The van der Waals surface area contributed by atoms with Crippen molar-refractivity contribution in [3.63, 3.8) is 0 Å². The Labute approximate surface area is 126 Å². The third kappa shape index (κ3) is 3.06. The first-order valence-electron chi connectivity index (χ1n) is 6.75. The Kier molecular flexibility index (Phi) is 4.89. The summed E-state index contributed by atoms with van der Waals surface area (Å²) in [7, 11) is 0. The first-order chi connectivity index (χ1) is 9.97. The van der Waals surface area contributed by atoms with E-state index in [9.17, 15) is 19.5 Å². The van der Waals surface area contributed by atoms with Crippen LogP contribution in [0.3, 0.4) is 0 Å². The lowest BCUT2D eigenvalue weighted by atomic mass is 9.85. The van der Waals surface area contributed by atoms with Gasteiger partial charge in [0.2, 0.25) is 11.8 Å². The van der Waals surface area contributed by atoms with E-state index in [1.54, 1.807) is 0 Å². The van der Waals surface area contributed by atoms with E-state index in [0.29, 0.717) is 30.0 Å². The predicted molar refractivity (Wildman–Crippen MR) is 76.2 cm³/mol. The zero-order valence-electron chi connectivity index (χ0n) is 11.7. The summed E-state index contributed by atoms with van der Waals surface area (Å²) in [5, 5.41) is 20.9. The number of fused-ring (bicyclic) bond motifs is 1. The average molecular weight is 314 g/mol. The minimum Gasteiger partial charge on any atom is -0.477 e. The lowest BCUT2D eigenvalue weighted by molar-refractivity contribution is -0.155. The minimum atomic E-state index is -1.10. The quantitative estimate of drug-likeness (QED) is 0.442. The predicted octanol–water partition coefficient (Wildman–Crippen LogP) is -0.235. The van der Waals surface area contributed by atoms with Crippen molar-refractivity contribution in [3.8, 4) is 0 Å². The van der Waals surface area contributed by atoms with Crippen LogP contribution in [0.25, 0.3) is 0 Å². The van der Waals surface area contributed by atoms with E-state index in [1.807, 2.05) is 0 Å². The average Bonchev–Trinajstić information content (AvgIpc) is 2.76. The number of aliphatic hydroxyl groups is 1. The highest BCUT2D eigenvalue weighted by molar-refractivity contribution is 8.03. The zero-order chi connectivity index (χ0) is 15.6. The van der Waals surface area contributed by atoms with Gasteiger partial charge in [-0.25, -0.2) is 4.79 Å². The highest BCUT2D eigenvalue weighted by atomic mass is 32.2. The molecule has 0 aromatic carbocycles. The molecule has 2 aliphatic rings. The van der Waals surface area contributed by atoms with E-state index < -0.39 is 5.97 Å². The summed E-state index contributed by atoms with van der Waals surface area (Å²) in [6.45, 7) is 1.80. The number of carboxylic acids is 1. The second kappa shape index (κ2) is 6.48. The first kappa shape index (κ1) is 15.8. The van der Waals surface area contributed by atoms with Gasteiger partial charge in [-0.3, -0.25) is 9.59 Å². The summed E-state index contributed by atoms with van der Waals surface area (Å²) in [4.78, 5) is 36.1. The smallest absolute Gasteiger partial charge is 0.353 e. The first-order valence-corrected chi connectivity index (χ1v) is 7.73. The number of nitrogens with one attached hydrogen (secondary N) is 1. The number of hydrogen-bond donors (Lipinski definition) is 3. The summed E-state index contributed by atoms with van der Waals surface area (Å²) in [5.74, 6) is -1.17. The lowest BCUT2D eigenvalue weighted by Gasteiger charge is -2.43. The molecule has 2 aliphatic heterocycles. The molecule has 8 heteroatoms. The SMILES string of the molecule is CC(=O)NCCSC1=C(C(=O)O)N2C(=O)[C@@H](CCO)[C@H]2C1.